The molecule has 2 heterocycles. The van der Waals surface area contributed by atoms with Crippen molar-refractivity contribution in [3.8, 4) is 0 Å². The fourth-order valence-corrected chi connectivity index (χ4v) is 3.83. The summed E-state index contributed by atoms with van der Waals surface area (Å²) in [6.07, 6.45) is 0. The zero-order valence-corrected chi connectivity index (χ0v) is 18.2. The monoisotopic (exact) mass is 436 g/mol. The number of nitrogens with one attached hydrogen (secondary N) is 2. The lowest BCUT2D eigenvalue weighted by atomic mass is 10.1. The molecule has 1 aromatic carbocycles. The lowest BCUT2D eigenvalue weighted by Crippen LogP contribution is -2.38. The Labute approximate surface area is 178 Å². The van der Waals surface area contributed by atoms with Crippen LogP contribution in [0, 0.1) is 6.92 Å². The van der Waals surface area contributed by atoms with E-state index in [9.17, 15) is 0 Å². The van der Waals surface area contributed by atoms with Gasteiger partial charge in [0.25, 0.3) is 0 Å². The van der Waals surface area contributed by atoms with Crippen molar-refractivity contribution in [1.82, 2.24) is 25.4 Å². The second-order valence-electron chi connectivity index (χ2n) is 6.35. The molecule has 0 fully saturated rings. The van der Waals surface area contributed by atoms with Gasteiger partial charge in [-0.05, 0) is 43.0 Å². The van der Waals surface area contributed by atoms with E-state index < -0.39 is 0 Å². The molecule has 6 nitrogen and oxygen atoms in total. The smallest absolute Gasteiger partial charge is 0.192 e. The van der Waals surface area contributed by atoms with Crippen LogP contribution in [0.25, 0.3) is 0 Å². The summed E-state index contributed by atoms with van der Waals surface area (Å²) < 4.78 is 1.93. The molecule has 1 atom stereocenters. The molecule has 0 saturated heterocycles. The second kappa shape index (κ2) is 9.41. The Bertz CT molecular complexity index is 951. The van der Waals surface area contributed by atoms with Gasteiger partial charge in [0.1, 0.15) is 12.4 Å². The van der Waals surface area contributed by atoms with E-state index in [1.165, 1.54) is 4.88 Å². The van der Waals surface area contributed by atoms with Gasteiger partial charge in [-0.3, -0.25) is 0 Å². The third-order valence-electron chi connectivity index (χ3n) is 4.35. The van der Waals surface area contributed by atoms with E-state index in [4.69, 9.17) is 23.2 Å². The van der Waals surface area contributed by atoms with Gasteiger partial charge in [-0.25, -0.2) is 4.99 Å². The number of benzene rings is 1. The third-order valence-corrected chi connectivity index (χ3v) is 5.79. The molecular formula is C19H22Cl2N6S. The number of hydrogen-bond donors (Lipinski definition) is 2. The minimum absolute atomic E-state index is 0.0550. The molecule has 3 rings (SSSR count). The Morgan fingerprint density at radius 3 is 2.75 bits per heavy atom. The molecule has 0 amide bonds. The normalized spacial score (nSPS) is 12.8. The SMILES string of the molecule is Cc1nnc(CN=C(NCc2cccs2)NC(C)c2ccc(Cl)cc2Cl)n1C. The summed E-state index contributed by atoms with van der Waals surface area (Å²) in [6, 6.07) is 9.56. The average molecular weight is 437 g/mol. The highest BCUT2D eigenvalue weighted by Crippen LogP contribution is 2.26. The van der Waals surface area contributed by atoms with Gasteiger partial charge in [0, 0.05) is 22.0 Å². The van der Waals surface area contributed by atoms with E-state index in [0.717, 1.165) is 17.2 Å². The first-order valence-electron chi connectivity index (χ1n) is 8.81. The van der Waals surface area contributed by atoms with E-state index in [2.05, 4.69) is 37.3 Å². The number of rotatable bonds is 6. The summed E-state index contributed by atoms with van der Waals surface area (Å²) in [6.45, 7) is 5.05. The van der Waals surface area contributed by atoms with E-state index in [1.807, 2.05) is 43.7 Å². The van der Waals surface area contributed by atoms with Gasteiger partial charge < -0.3 is 15.2 Å². The Morgan fingerprint density at radius 2 is 2.11 bits per heavy atom. The topological polar surface area (TPSA) is 67.1 Å². The first kappa shape index (κ1) is 20.6. The zero-order valence-electron chi connectivity index (χ0n) is 15.9. The van der Waals surface area contributed by atoms with Crippen LogP contribution in [-0.4, -0.2) is 20.7 Å². The maximum Gasteiger partial charge on any atom is 0.192 e. The van der Waals surface area contributed by atoms with E-state index in [1.54, 1.807) is 17.4 Å². The fraction of sp³-hybridized carbons (Fsp3) is 0.316. The molecule has 0 spiro atoms. The van der Waals surface area contributed by atoms with Crippen LogP contribution in [-0.2, 0) is 20.1 Å². The number of guanidine groups is 1. The lowest BCUT2D eigenvalue weighted by molar-refractivity contribution is 0.677. The predicted octanol–water partition coefficient (Wildman–Crippen LogP) is 4.49. The van der Waals surface area contributed by atoms with Crippen LogP contribution in [0.1, 0.15) is 35.1 Å². The number of halogens is 2. The molecule has 2 N–H and O–H groups in total. The highest BCUT2D eigenvalue weighted by Gasteiger charge is 2.13. The highest BCUT2D eigenvalue weighted by atomic mass is 35.5. The van der Waals surface area contributed by atoms with Gasteiger partial charge >= 0.3 is 0 Å². The Balaban J connectivity index is 1.76. The number of aromatic nitrogens is 3. The van der Waals surface area contributed by atoms with Crippen molar-refractivity contribution in [2.45, 2.75) is 33.0 Å². The molecular weight excluding hydrogens is 415 g/mol. The van der Waals surface area contributed by atoms with Crippen molar-refractivity contribution in [1.29, 1.82) is 0 Å². The van der Waals surface area contributed by atoms with Gasteiger partial charge in [0.2, 0.25) is 0 Å². The number of nitrogens with zero attached hydrogens (tertiary/aromatic N) is 4. The predicted molar refractivity (Wildman–Crippen MR) is 116 cm³/mol. The molecule has 1 unspecified atom stereocenters. The van der Waals surface area contributed by atoms with Crippen LogP contribution >= 0.6 is 34.5 Å². The average Bonchev–Trinajstić information content (AvgIpc) is 3.28. The van der Waals surface area contributed by atoms with E-state index >= 15 is 0 Å². The van der Waals surface area contributed by atoms with Crippen LogP contribution in [0.3, 0.4) is 0 Å². The summed E-state index contributed by atoms with van der Waals surface area (Å²) in [5.41, 5.74) is 0.950. The third kappa shape index (κ3) is 5.25. The molecule has 28 heavy (non-hydrogen) atoms. The summed E-state index contributed by atoms with van der Waals surface area (Å²) in [5.74, 6) is 2.33. The van der Waals surface area contributed by atoms with Crippen molar-refractivity contribution in [2.24, 2.45) is 12.0 Å². The second-order valence-corrected chi connectivity index (χ2v) is 8.23. The molecule has 3 aromatic rings. The minimum atomic E-state index is -0.0550. The van der Waals surface area contributed by atoms with E-state index in [0.29, 0.717) is 29.1 Å². The summed E-state index contributed by atoms with van der Waals surface area (Å²) in [7, 11) is 1.93. The van der Waals surface area contributed by atoms with Gasteiger partial charge in [-0.15, -0.1) is 21.5 Å². The number of hydrogen-bond acceptors (Lipinski definition) is 4. The molecule has 0 aliphatic rings. The molecule has 9 heteroatoms. The van der Waals surface area contributed by atoms with Crippen molar-refractivity contribution < 1.29 is 0 Å². The van der Waals surface area contributed by atoms with Crippen LogP contribution in [0.5, 0.6) is 0 Å². The first-order chi connectivity index (χ1) is 13.4. The summed E-state index contributed by atoms with van der Waals surface area (Å²) in [4.78, 5) is 5.91. The van der Waals surface area contributed by atoms with Crippen molar-refractivity contribution in [3.05, 3.63) is 67.8 Å². The number of thiophene rings is 1. The lowest BCUT2D eigenvalue weighted by Gasteiger charge is -2.19. The minimum Gasteiger partial charge on any atom is -0.351 e. The van der Waals surface area contributed by atoms with Crippen LogP contribution in [0.4, 0.5) is 0 Å². The summed E-state index contributed by atoms with van der Waals surface area (Å²) >= 11 is 14.1. The molecule has 0 aliphatic carbocycles. The number of aliphatic imine (C=N–C) groups is 1. The maximum absolute atomic E-state index is 6.36. The van der Waals surface area contributed by atoms with E-state index in [-0.39, 0.29) is 6.04 Å². The molecule has 0 aliphatic heterocycles. The molecule has 2 aromatic heterocycles. The van der Waals surface area contributed by atoms with Crippen molar-refractivity contribution in [2.75, 3.05) is 0 Å². The molecule has 0 radical (unpaired) electrons. The largest absolute Gasteiger partial charge is 0.351 e. The highest BCUT2D eigenvalue weighted by molar-refractivity contribution is 7.09. The number of aryl methyl sites for hydroxylation is 1. The molecule has 148 valence electrons. The van der Waals surface area contributed by atoms with Crippen molar-refractivity contribution in [3.63, 3.8) is 0 Å². The molecule has 0 bridgehead atoms. The van der Waals surface area contributed by atoms with Crippen LogP contribution < -0.4 is 10.6 Å². The standard InChI is InChI=1S/C19H22Cl2N6S/c1-12(16-7-6-14(20)9-17(16)21)24-19(22-10-15-5-4-8-28-15)23-11-18-26-25-13(2)27(18)3/h4-9,12H,10-11H2,1-3H3,(H2,22,23,24). The van der Waals surface area contributed by atoms with Crippen LogP contribution in [0.2, 0.25) is 10.0 Å². The van der Waals surface area contributed by atoms with Crippen molar-refractivity contribution >= 4 is 40.5 Å². The van der Waals surface area contributed by atoms with Crippen LogP contribution in [0.15, 0.2) is 40.7 Å². The van der Waals surface area contributed by atoms with Gasteiger partial charge in [-0.2, -0.15) is 0 Å². The first-order valence-corrected chi connectivity index (χ1v) is 10.4. The quantitative estimate of drug-likeness (QED) is 0.441. The molecule has 0 saturated carbocycles. The zero-order chi connectivity index (χ0) is 20.1. The van der Waals surface area contributed by atoms with Gasteiger partial charge in [-0.1, -0.05) is 35.3 Å². The Hall–Kier alpha value is -2.09. The fourth-order valence-electron chi connectivity index (χ4n) is 2.61. The Morgan fingerprint density at radius 1 is 1.29 bits per heavy atom. The van der Waals surface area contributed by atoms with Gasteiger partial charge in [0.15, 0.2) is 11.8 Å². The maximum atomic E-state index is 6.36. The van der Waals surface area contributed by atoms with Gasteiger partial charge in [0.05, 0.1) is 12.6 Å². The Kier molecular flexibility index (Phi) is 6.93. The summed E-state index contributed by atoms with van der Waals surface area (Å²) in [5, 5.41) is 18.3.